The number of carbonyl (C=O) groups is 1. The van der Waals surface area contributed by atoms with Crippen LogP contribution in [0.5, 0.6) is 5.75 Å². The second-order valence-corrected chi connectivity index (χ2v) is 6.59. The van der Waals surface area contributed by atoms with Crippen molar-refractivity contribution in [1.29, 1.82) is 0 Å². The lowest BCUT2D eigenvalue weighted by Gasteiger charge is -2.37. The van der Waals surface area contributed by atoms with Gasteiger partial charge in [0.05, 0.1) is 12.8 Å². The summed E-state index contributed by atoms with van der Waals surface area (Å²) >= 11 is 0. The Hall–Kier alpha value is -3.42. The number of hydrogen-bond acceptors (Lipinski definition) is 6. The van der Waals surface area contributed by atoms with Crippen LogP contribution in [0.15, 0.2) is 60.9 Å². The van der Waals surface area contributed by atoms with Crippen molar-refractivity contribution in [2.45, 2.75) is 6.04 Å². The number of ether oxygens (including phenoxy) is 1. The van der Waals surface area contributed by atoms with Gasteiger partial charge in [0.25, 0.3) is 5.91 Å². The molecular formula is C20H22N6O2. The highest BCUT2D eigenvalue weighted by molar-refractivity contribution is 5.84. The molecule has 2 aromatic carbocycles. The smallest absolute Gasteiger partial charge is 0.252 e. The van der Waals surface area contributed by atoms with Crippen LogP contribution in [0.3, 0.4) is 0 Å². The lowest BCUT2D eigenvalue weighted by Crippen LogP contribution is -2.51. The van der Waals surface area contributed by atoms with Crippen molar-refractivity contribution in [2.75, 3.05) is 38.2 Å². The summed E-state index contributed by atoms with van der Waals surface area (Å²) < 4.78 is 6.99. The van der Waals surface area contributed by atoms with Crippen LogP contribution in [0, 0.1) is 0 Å². The number of benzene rings is 2. The average molecular weight is 378 g/mol. The van der Waals surface area contributed by atoms with Gasteiger partial charge in [-0.05, 0) is 28.1 Å². The molecule has 0 N–H and O–H groups in total. The largest absolute Gasteiger partial charge is 0.495 e. The standard InChI is InChI=1S/C20H22N6O2/c1-28-18-10-6-5-9-17(18)24-11-13-25(14-12-24)20(27)19(26-15-21-22-23-26)16-7-3-2-4-8-16/h2-10,15,19H,11-14H2,1H3. The number of nitrogens with zero attached hydrogens (tertiary/aromatic N) is 6. The van der Waals surface area contributed by atoms with Crippen molar-refractivity contribution in [3.63, 3.8) is 0 Å². The molecule has 3 aromatic rings. The summed E-state index contributed by atoms with van der Waals surface area (Å²) in [7, 11) is 1.68. The molecule has 1 aliphatic rings. The summed E-state index contributed by atoms with van der Waals surface area (Å²) in [5, 5.41) is 11.4. The number of piperazine rings is 1. The Labute approximate surface area is 163 Å². The molecule has 8 heteroatoms. The Morgan fingerprint density at radius 3 is 2.39 bits per heavy atom. The molecule has 8 nitrogen and oxygen atoms in total. The summed E-state index contributed by atoms with van der Waals surface area (Å²) in [6, 6.07) is 17.0. The Balaban J connectivity index is 1.51. The Kier molecular flexibility index (Phi) is 5.18. The van der Waals surface area contributed by atoms with Crippen LogP contribution in [0.2, 0.25) is 0 Å². The van der Waals surface area contributed by atoms with E-state index < -0.39 is 6.04 Å². The van der Waals surface area contributed by atoms with Gasteiger partial charge < -0.3 is 14.5 Å². The van der Waals surface area contributed by atoms with Gasteiger partial charge in [-0.3, -0.25) is 4.79 Å². The van der Waals surface area contributed by atoms with Crippen molar-refractivity contribution in [2.24, 2.45) is 0 Å². The maximum Gasteiger partial charge on any atom is 0.252 e. The van der Waals surface area contributed by atoms with E-state index in [4.69, 9.17) is 4.74 Å². The average Bonchev–Trinajstić information content (AvgIpc) is 3.29. The lowest BCUT2D eigenvalue weighted by atomic mass is 10.1. The zero-order chi connectivity index (χ0) is 19.3. The Morgan fingerprint density at radius 2 is 1.71 bits per heavy atom. The van der Waals surface area contributed by atoms with Gasteiger partial charge in [-0.1, -0.05) is 42.5 Å². The topological polar surface area (TPSA) is 76.4 Å². The van der Waals surface area contributed by atoms with Crippen molar-refractivity contribution < 1.29 is 9.53 Å². The van der Waals surface area contributed by atoms with E-state index in [1.807, 2.05) is 59.5 Å². The number of amides is 1. The molecule has 1 aromatic heterocycles. The van der Waals surface area contributed by atoms with Gasteiger partial charge in [0, 0.05) is 26.2 Å². The van der Waals surface area contributed by atoms with Crippen LogP contribution in [-0.2, 0) is 4.79 Å². The van der Waals surface area contributed by atoms with Crippen molar-refractivity contribution in [3.05, 3.63) is 66.5 Å². The molecule has 1 atom stereocenters. The number of anilines is 1. The van der Waals surface area contributed by atoms with E-state index in [1.54, 1.807) is 7.11 Å². The fourth-order valence-corrected chi connectivity index (χ4v) is 3.56. The number of hydrogen-bond donors (Lipinski definition) is 0. The van der Waals surface area contributed by atoms with E-state index in [1.165, 1.54) is 11.0 Å². The Bertz CT molecular complexity index is 907. The second-order valence-electron chi connectivity index (χ2n) is 6.59. The Morgan fingerprint density at radius 1 is 1.00 bits per heavy atom. The lowest BCUT2D eigenvalue weighted by molar-refractivity contribution is -0.134. The first-order chi connectivity index (χ1) is 13.8. The van der Waals surface area contributed by atoms with Crippen molar-refractivity contribution >= 4 is 11.6 Å². The minimum Gasteiger partial charge on any atom is -0.495 e. The molecule has 0 saturated carbocycles. The first kappa shape index (κ1) is 18.0. The molecule has 4 rings (SSSR count). The highest BCUT2D eigenvalue weighted by Gasteiger charge is 2.31. The van der Waals surface area contributed by atoms with Gasteiger partial charge in [-0.25, -0.2) is 4.68 Å². The van der Waals surface area contributed by atoms with Gasteiger partial charge in [-0.2, -0.15) is 0 Å². The molecule has 0 bridgehead atoms. The summed E-state index contributed by atoms with van der Waals surface area (Å²) in [6.45, 7) is 2.73. The highest BCUT2D eigenvalue weighted by Crippen LogP contribution is 2.29. The third-order valence-electron chi connectivity index (χ3n) is 5.00. The van der Waals surface area contributed by atoms with Crippen LogP contribution in [0.1, 0.15) is 11.6 Å². The molecule has 2 heterocycles. The van der Waals surface area contributed by atoms with Gasteiger partial charge in [0.15, 0.2) is 6.04 Å². The summed E-state index contributed by atoms with van der Waals surface area (Å²) in [6.07, 6.45) is 1.49. The highest BCUT2D eigenvalue weighted by atomic mass is 16.5. The summed E-state index contributed by atoms with van der Waals surface area (Å²) in [5.41, 5.74) is 1.92. The van der Waals surface area contributed by atoms with Gasteiger partial charge in [0.1, 0.15) is 12.1 Å². The molecular weight excluding hydrogens is 356 g/mol. The molecule has 1 aliphatic heterocycles. The van der Waals surface area contributed by atoms with Crippen LogP contribution < -0.4 is 9.64 Å². The number of methoxy groups -OCH3 is 1. The number of tetrazole rings is 1. The molecule has 1 saturated heterocycles. The molecule has 144 valence electrons. The predicted octanol–water partition coefficient (Wildman–Crippen LogP) is 1.62. The molecule has 1 fully saturated rings. The molecule has 1 amide bonds. The zero-order valence-electron chi connectivity index (χ0n) is 15.7. The fraction of sp³-hybridized carbons (Fsp3) is 0.300. The maximum absolute atomic E-state index is 13.3. The normalized spacial score (nSPS) is 15.3. The van der Waals surface area contributed by atoms with E-state index in [0.29, 0.717) is 13.1 Å². The van der Waals surface area contributed by atoms with Crippen LogP contribution in [-0.4, -0.2) is 64.3 Å². The molecule has 28 heavy (non-hydrogen) atoms. The number of rotatable bonds is 5. The van der Waals surface area contributed by atoms with Gasteiger partial charge >= 0.3 is 0 Å². The maximum atomic E-state index is 13.3. The van der Waals surface area contributed by atoms with E-state index in [9.17, 15) is 4.79 Å². The van der Waals surface area contributed by atoms with E-state index in [0.717, 1.165) is 30.1 Å². The van der Waals surface area contributed by atoms with E-state index in [2.05, 4.69) is 20.4 Å². The molecule has 0 radical (unpaired) electrons. The third-order valence-corrected chi connectivity index (χ3v) is 5.00. The zero-order valence-corrected chi connectivity index (χ0v) is 15.7. The fourth-order valence-electron chi connectivity index (χ4n) is 3.56. The van der Waals surface area contributed by atoms with Crippen molar-refractivity contribution in [3.8, 4) is 5.75 Å². The number of para-hydroxylation sites is 2. The van der Waals surface area contributed by atoms with Crippen LogP contribution in [0.4, 0.5) is 5.69 Å². The first-order valence-electron chi connectivity index (χ1n) is 9.22. The van der Waals surface area contributed by atoms with Gasteiger partial charge in [0.2, 0.25) is 0 Å². The number of aromatic nitrogens is 4. The minimum atomic E-state index is -0.561. The minimum absolute atomic E-state index is 0.00169. The van der Waals surface area contributed by atoms with Crippen molar-refractivity contribution in [1.82, 2.24) is 25.1 Å². The monoisotopic (exact) mass is 378 g/mol. The van der Waals surface area contributed by atoms with Crippen LogP contribution >= 0.6 is 0 Å². The first-order valence-corrected chi connectivity index (χ1v) is 9.22. The molecule has 0 aliphatic carbocycles. The summed E-state index contributed by atoms with van der Waals surface area (Å²) in [4.78, 5) is 17.5. The van der Waals surface area contributed by atoms with E-state index >= 15 is 0 Å². The number of carbonyl (C=O) groups excluding carboxylic acids is 1. The molecule has 1 unspecified atom stereocenters. The van der Waals surface area contributed by atoms with Crippen LogP contribution in [0.25, 0.3) is 0 Å². The SMILES string of the molecule is COc1ccccc1N1CCN(C(=O)C(c2ccccc2)n2cnnn2)CC1. The van der Waals surface area contributed by atoms with Gasteiger partial charge in [-0.15, -0.1) is 5.10 Å². The second kappa shape index (κ2) is 8.08. The van der Waals surface area contributed by atoms with E-state index in [-0.39, 0.29) is 5.91 Å². The third kappa shape index (κ3) is 3.53. The quantitative estimate of drug-likeness (QED) is 0.672. The molecule has 0 spiro atoms. The predicted molar refractivity (Wildman–Crippen MR) is 104 cm³/mol. The summed E-state index contributed by atoms with van der Waals surface area (Å²) in [5.74, 6) is 0.844.